The molecule has 0 aliphatic carbocycles. The number of nitrogens with zero attached hydrogens (tertiary/aromatic N) is 4. The summed E-state index contributed by atoms with van der Waals surface area (Å²) in [5, 5.41) is 10.2. The lowest BCUT2D eigenvalue weighted by Crippen LogP contribution is -2.44. The minimum absolute atomic E-state index is 0.315. The van der Waals surface area contributed by atoms with E-state index < -0.39 is 0 Å². The summed E-state index contributed by atoms with van der Waals surface area (Å²) in [4.78, 5) is 16.0. The smallest absolute Gasteiger partial charge is 0.231 e. The summed E-state index contributed by atoms with van der Waals surface area (Å²) in [7, 11) is 0. The van der Waals surface area contributed by atoms with Crippen LogP contribution in [0.15, 0.2) is 83.9 Å². The molecule has 4 rings (SSSR count). The first-order chi connectivity index (χ1) is 18.3. The maximum absolute atomic E-state index is 5.64. The molecule has 0 saturated carbocycles. The van der Waals surface area contributed by atoms with Crippen LogP contribution in [0, 0.1) is 0 Å². The van der Waals surface area contributed by atoms with Crippen molar-refractivity contribution in [3.63, 3.8) is 0 Å². The van der Waals surface area contributed by atoms with Crippen LogP contribution in [0.25, 0.3) is 0 Å². The van der Waals surface area contributed by atoms with Crippen LogP contribution in [-0.4, -0.2) is 53.7 Å². The molecular weight excluding hydrogens is 505 g/mol. The molecule has 0 atom stereocenters. The molecule has 1 fully saturated rings. The monoisotopic (exact) mass is 537 g/mol. The van der Waals surface area contributed by atoms with Gasteiger partial charge in [0.05, 0.1) is 0 Å². The van der Waals surface area contributed by atoms with Gasteiger partial charge in [0.25, 0.3) is 0 Å². The van der Waals surface area contributed by atoms with Crippen molar-refractivity contribution in [1.29, 1.82) is 0 Å². The van der Waals surface area contributed by atoms with Crippen LogP contribution in [0.2, 0.25) is 0 Å². The molecule has 3 N–H and O–H groups in total. The van der Waals surface area contributed by atoms with E-state index in [4.69, 9.17) is 23.2 Å². The number of aromatic nitrogens is 3. The van der Waals surface area contributed by atoms with Gasteiger partial charge in [0.1, 0.15) is 0 Å². The zero-order valence-corrected chi connectivity index (χ0v) is 22.2. The highest BCUT2D eigenvalue weighted by Crippen LogP contribution is 2.25. The maximum Gasteiger partial charge on any atom is 0.231 e. The van der Waals surface area contributed by atoms with Crippen molar-refractivity contribution in [2.45, 2.75) is 24.8 Å². The van der Waals surface area contributed by atoms with Crippen LogP contribution in [0.5, 0.6) is 0 Å². The minimum Gasteiger partial charge on any atom is -0.351 e. The number of hydrogen-bond acceptors (Lipinski definition) is 7. The highest BCUT2D eigenvalue weighted by atomic mass is 35.5. The molecule has 2 aromatic carbocycles. The fourth-order valence-electron chi connectivity index (χ4n) is 4.42. The lowest BCUT2D eigenvalue weighted by Gasteiger charge is -2.33. The number of nitrogens with one attached hydrogen (secondary N) is 3. The summed E-state index contributed by atoms with van der Waals surface area (Å²) in [5.41, 5.74) is 5.60. The van der Waals surface area contributed by atoms with Crippen molar-refractivity contribution in [1.82, 2.24) is 20.3 Å². The molecule has 0 amide bonds. The molecule has 3 aromatic rings. The van der Waals surface area contributed by atoms with E-state index in [0.29, 0.717) is 42.9 Å². The van der Waals surface area contributed by atoms with Gasteiger partial charge in [-0.05, 0) is 24.0 Å². The van der Waals surface area contributed by atoms with Crippen molar-refractivity contribution >= 4 is 41.0 Å². The predicted molar refractivity (Wildman–Crippen MR) is 155 cm³/mol. The van der Waals surface area contributed by atoms with Gasteiger partial charge in [-0.2, -0.15) is 15.0 Å². The highest BCUT2D eigenvalue weighted by molar-refractivity contribution is 6.25. The Hall–Kier alpha value is -3.13. The van der Waals surface area contributed by atoms with E-state index in [1.165, 1.54) is 22.2 Å². The second kappa shape index (κ2) is 14.6. The van der Waals surface area contributed by atoms with Gasteiger partial charge in [-0.25, -0.2) is 0 Å². The molecule has 1 aromatic heterocycles. The molecule has 1 aliphatic rings. The maximum atomic E-state index is 5.64. The summed E-state index contributed by atoms with van der Waals surface area (Å²) in [6, 6.07) is 21.9. The highest BCUT2D eigenvalue weighted by Gasteiger charge is 2.23. The second-order valence-electron chi connectivity index (χ2n) is 8.81. The van der Waals surface area contributed by atoms with E-state index in [1.807, 2.05) is 0 Å². The summed E-state index contributed by atoms with van der Waals surface area (Å²) < 4.78 is 0. The number of anilines is 3. The van der Waals surface area contributed by atoms with Crippen molar-refractivity contribution in [2.75, 3.05) is 48.3 Å². The molecule has 0 radical (unpaired) electrons. The van der Waals surface area contributed by atoms with Gasteiger partial charge in [-0.3, -0.25) is 0 Å². The van der Waals surface area contributed by atoms with Crippen LogP contribution in [0.1, 0.15) is 29.9 Å². The van der Waals surface area contributed by atoms with E-state index in [9.17, 15) is 0 Å². The second-order valence-corrected chi connectivity index (χ2v) is 9.32. The number of rotatable bonds is 12. The lowest BCUT2D eigenvalue weighted by molar-refractivity contribution is 0.407. The van der Waals surface area contributed by atoms with Gasteiger partial charge in [0, 0.05) is 55.8 Å². The van der Waals surface area contributed by atoms with Crippen LogP contribution >= 0.6 is 23.2 Å². The Labute approximate surface area is 229 Å². The zero-order valence-electron chi connectivity index (χ0n) is 20.7. The summed E-state index contributed by atoms with van der Waals surface area (Å²) >= 11 is 11.3. The largest absolute Gasteiger partial charge is 0.351 e. The SMILES string of the molecule is Cl/C=C/CNc1nc(NC/C=C/Cl)nc(N2CCC(NCC(c3ccccc3)c3ccccc3)CC2)n1. The Morgan fingerprint density at radius 2 is 1.30 bits per heavy atom. The van der Waals surface area contributed by atoms with Gasteiger partial charge in [0.15, 0.2) is 0 Å². The van der Waals surface area contributed by atoms with Crippen LogP contribution in [0.4, 0.5) is 17.8 Å². The first-order valence-electron chi connectivity index (χ1n) is 12.6. The van der Waals surface area contributed by atoms with E-state index in [1.54, 1.807) is 12.2 Å². The van der Waals surface area contributed by atoms with E-state index in [-0.39, 0.29) is 0 Å². The van der Waals surface area contributed by atoms with Crippen molar-refractivity contribution in [3.05, 3.63) is 95.0 Å². The Bertz CT molecular complexity index is 1060. The fraction of sp³-hybridized carbons (Fsp3) is 0.321. The van der Waals surface area contributed by atoms with Crippen LogP contribution in [0.3, 0.4) is 0 Å². The van der Waals surface area contributed by atoms with E-state index in [2.05, 4.69) is 96.5 Å². The van der Waals surface area contributed by atoms with Crippen molar-refractivity contribution < 1.29 is 0 Å². The molecule has 0 spiro atoms. The normalized spacial score (nSPS) is 14.6. The molecule has 1 saturated heterocycles. The third-order valence-electron chi connectivity index (χ3n) is 6.35. The molecule has 194 valence electrons. The van der Waals surface area contributed by atoms with Gasteiger partial charge < -0.3 is 20.9 Å². The molecule has 1 aliphatic heterocycles. The summed E-state index contributed by atoms with van der Waals surface area (Å²) in [6.45, 7) is 3.69. The van der Waals surface area contributed by atoms with E-state index >= 15 is 0 Å². The summed E-state index contributed by atoms with van der Waals surface area (Å²) in [6.07, 6.45) is 5.61. The minimum atomic E-state index is 0.315. The molecule has 0 bridgehead atoms. The molecule has 37 heavy (non-hydrogen) atoms. The zero-order chi connectivity index (χ0) is 25.7. The van der Waals surface area contributed by atoms with E-state index in [0.717, 1.165) is 32.5 Å². The topological polar surface area (TPSA) is 78.0 Å². The first-order valence-corrected chi connectivity index (χ1v) is 13.5. The summed E-state index contributed by atoms with van der Waals surface area (Å²) in [5.74, 6) is 1.99. The van der Waals surface area contributed by atoms with Gasteiger partial charge in [0.2, 0.25) is 17.8 Å². The number of benzene rings is 2. The van der Waals surface area contributed by atoms with Gasteiger partial charge in [-0.15, -0.1) is 0 Å². The Morgan fingerprint density at radius 3 is 1.78 bits per heavy atom. The average molecular weight is 539 g/mol. The quantitative estimate of drug-likeness (QED) is 0.278. The lowest BCUT2D eigenvalue weighted by atomic mass is 9.90. The molecular formula is C28H33Cl2N7. The fourth-order valence-corrected chi connectivity index (χ4v) is 4.60. The average Bonchev–Trinajstić information content (AvgIpc) is 2.95. The number of halogens is 2. The first kappa shape index (κ1) is 26.9. The number of piperidine rings is 1. The van der Waals surface area contributed by atoms with Gasteiger partial charge >= 0.3 is 0 Å². The standard InChI is InChI=1S/C28H33Cl2N7/c29-15-7-17-31-26-34-27(32-18-8-16-30)36-28(35-26)37-19-13-24(14-20-37)33-21-25(22-9-3-1-4-10-22)23-11-5-2-6-12-23/h1-12,15-16,24-25,33H,13-14,17-21H2,(H2,31,32,34,35,36)/b15-7+,16-8+. The van der Waals surface area contributed by atoms with Crippen LogP contribution in [-0.2, 0) is 0 Å². The van der Waals surface area contributed by atoms with Gasteiger partial charge in [-0.1, -0.05) is 96.0 Å². The molecule has 9 heteroatoms. The van der Waals surface area contributed by atoms with Crippen LogP contribution < -0.4 is 20.9 Å². The predicted octanol–water partition coefficient (Wildman–Crippen LogP) is 5.59. The Morgan fingerprint density at radius 1 is 0.784 bits per heavy atom. The third kappa shape index (κ3) is 8.18. The molecule has 0 unspecified atom stereocenters. The number of hydrogen-bond donors (Lipinski definition) is 3. The molecule has 7 nitrogen and oxygen atoms in total. The van der Waals surface area contributed by atoms with Crippen molar-refractivity contribution in [3.8, 4) is 0 Å². The Balaban J connectivity index is 1.38. The Kier molecular flexibility index (Phi) is 10.6. The van der Waals surface area contributed by atoms with Crippen molar-refractivity contribution in [2.24, 2.45) is 0 Å². The molecule has 2 heterocycles. The third-order valence-corrected chi connectivity index (χ3v) is 6.71.